The highest BCUT2D eigenvalue weighted by atomic mass is 13.2. The molecule has 0 N–H and O–H groups in total. The van der Waals surface area contributed by atoms with E-state index in [0.29, 0.717) is 0 Å². The van der Waals surface area contributed by atoms with E-state index in [1.54, 1.807) is 6.08 Å². The molecule has 0 fully saturated rings. The minimum Gasteiger partial charge on any atom is -0.106 e. The van der Waals surface area contributed by atoms with Gasteiger partial charge in [0.15, 0.2) is 0 Å². The van der Waals surface area contributed by atoms with Gasteiger partial charge in [-0.3, -0.25) is 0 Å². The molecule has 0 bridgehead atoms. The standard InChI is InChI=1S/C3H6.C2H4.14CH4/c1-3-2;1-2;;;;;;;;;;;;;;/h3H,1H2,2H3;1-2H2;14*1H4. The van der Waals surface area contributed by atoms with Crippen LogP contribution in [0.3, 0.4) is 0 Å². The molecule has 0 unspecified atom stereocenters. The van der Waals surface area contributed by atoms with E-state index in [2.05, 4.69) is 19.7 Å². The van der Waals surface area contributed by atoms with E-state index in [1.165, 1.54) is 0 Å². The SMILES string of the molecule is C.C.C.C.C.C.C.C.C.C.C.C.C.C.C=C.C=CC. The fraction of sp³-hybridized carbons (Fsp3) is 0.789. The van der Waals surface area contributed by atoms with Crippen molar-refractivity contribution in [2.24, 2.45) is 0 Å². The van der Waals surface area contributed by atoms with E-state index < -0.39 is 0 Å². The molecule has 0 saturated heterocycles. The van der Waals surface area contributed by atoms with Crippen molar-refractivity contribution in [3.8, 4) is 0 Å². The van der Waals surface area contributed by atoms with Crippen molar-refractivity contribution in [3.63, 3.8) is 0 Å². The third-order valence-corrected chi connectivity index (χ3v) is 0. The van der Waals surface area contributed by atoms with Gasteiger partial charge in [0.2, 0.25) is 0 Å². The molecule has 142 valence electrons. The van der Waals surface area contributed by atoms with Gasteiger partial charge in [0, 0.05) is 0 Å². The fourth-order valence-electron chi connectivity index (χ4n) is 0. The molecule has 0 rings (SSSR count). The van der Waals surface area contributed by atoms with Gasteiger partial charge in [-0.25, -0.2) is 0 Å². The maximum atomic E-state index is 3.36. The Balaban J connectivity index is -0.000000000394. The van der Waals surface area contributed by atoms with Crippen LogP contribution in [0.1, 0.15) is 111 Å². The zero-order valence-corrected chi connectivity index (χ0v) is 3.70. The molecule has 0 aliphatic rings. The predicted molar refractivity (Wildman–Crippen MR) is 121 cm³/mol. The van der Waals surface area contributed by atoms with Crippen LogP contribution in [0.2, 0.25) is 0 Å². The quantitative estimate of drug-likeness (QED) is 0.389. The van der Waals surface area contributed by atoms with E-state index in [-0.39, 0.29) is 104 Å². The maximum Gasteiger partial charge on any atom is -0.0473 e. The molecule has 0 nitrogen and oxygen atoms in total. The Morgan fingerprint density at radius 3 is 0.421 bits per heavy atom. The van der Waals surface area contributed by atoms with Crippen LogP contribution in [0.25, 0.3) is 0 Å². The Hall–Kier alpha value is -0.520. The average molecular weight is 295 g/mol. The maximum absolute atomic E-state index is 3.36. The molecule has 0 amide bonds. The highest BCUT2D eigenvalue weighted by molar-refractivity contribution is 4.51. The summed E-state index contributed by atoms with van der Waals surface area (Å²) in [5.41, 5.74) is 0. The lowest BCUT2D eigenvalue weighted by Crippen LogP contribution is -1.07. The van der Waals surface area contributed by atoms with Crippen molar-refractivity contribution >= 4 is 0 Å². The first-order chi connectivity index (χ1) is 2.41. The molecule has 0 heterocycles. The van der Waals surface area contributed by atoms with Crippen LogP contribution in [-0.2, 0) is 0 Å². The molecule has 0 aromatic carbocycles. The number of hydrogen-bond acceptors (Lipinski definition) is 0. The lowest BCUT2D eigenvalue weighted by molar-refractivity contribution is 1.80. The van der Waals surface area contributed by atoms with Gasteiger partial charge in [-0.15, -0.1) is 19.7 Å². The second kappa shape index (κ2) is 20600. The van der Waals surface area contributed by atoms with Gasteiger partial charge in [0.1, 0.15) is 0 Å². The van der Waals surface area contributed by atoms with E-state index >= 15 is 0 Å². The van der Waals surface area contributed by atoms with E-state index in [9.17, 15) is 0 Å². The lowest BCUT2D eigenvalue weighted by Gasteiger charge is -1.31. The van der Waals surface area contributed by atoms with Crippen LogP contribution in [0.5, 0.6) is 0 Å². The molecular formula is C19H66. The molecule has 0 heteroatoms. The van der Waals surface area contributed by atoms with Gasteiger partial charge < -0.3 is 0 Å². The molecule has 19 heavy (non-hydrogen) atoms. The minimum absolute atomic E-state index is 0. The van der Waals surface area contributed by atoms with Crippen LogP contribution in [-0.4, -0.2) is 0 Å². The Labute approximate surface area is 137 Å². The van der Waals surface area contributed by atoms with Crippen molar-refractivity contribution in [2.75, 3.05) is 0 Å². The van der Waals surface area contributed by atoms with Gasteiger partial charge in [-0.05, 0) is 6.92 Å². The van der Waals surface area contributed by atoms with E-state index in [0.717, 1.165) is 0 Å². The number of hydrogen-bond donors (Lipinski definition) is 0. The first kappa shape index (κ1) is 918. The van der Waals surface area contributed by atoms with Crippen LogP contribution in [0.4, 0.5) is 0 Å². The van der Waals surface area contributed by atoms with E-state index in [4.69, 9.17) is 0 Å². The van der Waals surface area contributed by atoms with Gasteiger partial charge in [0.25, 0.3) is 0 Å². The first-order valence-electron chi connectivity index (χ1n) is 1.49. The Kier molecular flexibility index (Phi) is 996000. The second-order valence-electron chi connectivity index (χ2n) is 0.408. The van der Waals surface area contributed by atoms with Crippen LogP contribution in [0.15, 0.2) is 25.8 Å². The zero-order valence-electron chi connectivity index (χ0n) is 3.70. The Morgan fingerprint density at radius 1 is 0.421 bits per heavy atom. The minimum atomic E-state index is 0. The molecular weight excluding hydrogens is 228 g/mol. The highest BCUT2D eigenvalue weighted by Gasteiger charge is 1.15. The summed E-state index contributed by atoms with van der Waals surface area (Å²) in [6, 6.07) is 0. The summed E-state index contributed by atoms with van der Waals surface area (Å²) in [6.45, 7) is 11.2. The Bertz CT molecular complexity index is 14.0. The number of rotatable bonds is 0. The van der Waals surface area contributed by atoms with Crippen LogP contribution >= 0.6 is 0 Å². The summed E-state index contributed by atoms with van der Waals surface area (Å²) >= 11 is 0. The Morgan fingerprint density at radius 2 is 0.421 bits per heavy atom. The van der Waals surface area contributed by atoms with Crippen molar-refractivity contribution in [1.82, 2.24) is 0 Å². The van der Waals surface area contributed by atoms with Crippen molar-refractivity contribution in [2.45, 2.75) is 111 Å². The van der Waals surface area contributed by atoms with E-state index in [1.807, 2.05) is 6.92 Å². The summed E-state index contributed by atoms with van der Waals surface area (Å²) in [6.07, 6.45) is 1.75. The van der Waals surface area contributed by atoms with Crippen molar-refractivity contribution in [3.05, 3.63) is 25.8 Å². The molecule has 0 aliphatic carbocycles. The molecule has 0 aromatic heterocycles. The summed E-state index contributed by atoms with van der Waals surface area (Å²) in [5, 5.41) is 0. The molecule has 0 aromatic rings. The summed E-state index contributed by atoms with van der Waals surface area (Å²) < 4.78 is 0. The smallest absolute Gasteiger partial charge is 0.0473 e. The van der Waals surface area contributed by atoms with Gasteiger partial charge in [-0.2, -0.15) is 0 Å². The lowest BCUT2D eigenvalue weighted by atomic mass is 10.8. The molecule has 0 radical (unpaired) electrons. The van der Waals surface area contributed by atoms with Gasteiger partial charge in [-0.1, -0.05) is 110 Å². The predicted octanol–water partition coefficient (Wildman–Crippen LogP) is 10.9. The largest absolute Gasteiger partial charge is 0.106 e. The fourth-order valence-corrected chi connectivity index (χ4v) is 0. The number of allylic oxidation sites excluding steroid dienone is 1. The first-order valence-corrected chi connectivity index (χ1v) is 1.49. The average Bonchev–Trinajstić information content (AvgIpc) is 1.46. The molecule has 0 aliphatic heterocycles. The van der Waals surface area contributed by atoms with Crippen LogP contribution in [0, 0.1) is 0 Å². The topological polar surface area (TPSA) is 0 Å². The molecule has 0 spiro atoms. The summed E-state index contributed by atoms with van der Waals surface area (Å²) in [5.74, 6) is 0. The highest BCUT2D eigenvalue weighted by Crippen LogP contribution is 1.38. The second-order valence-corrected chi connectivity index (χ2v) is 0.408. The third kappa shape index (κ3) is 15500. The molecule has 0 atom stereocenters. The normalized spacial score (nSPS) is 0.895. The summed E-state index contributed by atoms with van der Waals surface area (Å²) in [7, 11) is 0. The summed E-state index contributed by atoms with van der Waals surface area (Å²) in [4.78, 5) is 0. The van der Waals surface area contributed by atoms with Gasteiger partial charge >= 0.3 is 0 Å². The van der Waals surface area contributed by atoms with Crippen LogP contribution < -0.4 is 0 Å². The zero-order chi connectivity index (χ0) is 4.71. The third-order valence-electron chi connectivity index (χ3n) is 0. The van der Waals surface area contributed by atoms with Gasteiger partial charge in [0.05, 0.1) is 0 Å². The molecule has 0 saturated carbocycles. The van der Waals surface area contributed by atoms with Crippen molar-refractivity contribution < 1.29 is 0 Å². The van der Waals surface area contributed by atoms with Crippen molar-refractivity contribution in [1.29, 1.82) is 0 Å². The monoisotopic (exact) mass is 295 g/mol.